The first-order chi connectivity index (χ1) is 8.81. The molecule has 1 amide bonds. The van der Waals surface area contributed by atoms with Crippen molar-refractivity contribution in [2.75, 3.05) is 6.54 Å². The second-order valence-electron chi connectivity index (χ2n) is 4.90. The van der Waals surface area contributed by atoms with Crippen LogP contribution in [-0.4, -0.2) is 34.6 Å². The molecule has 3 nitrogen and oxygen atoms in total. The topological polar surface area (TPSA) is 40.5 Å². The lowest BCUT2D eigenvalue weighted by molar-refractivity contribution is -0.133. The van der Waals surface area contributed by atoms with E-state index in [9.17, 15) is 14.3 Å². The van der Waals surface area contributed by atoms with Gasteiger partial charge in [-0.2, -0.15) is 0 Å². The van der Waals surface area contributed by atoms with Crippen LogP contribution in [0.25, 0.3) is 0 Å². The van der Waals surface area contributed by atoms with Crippen LogP contribution in [0, 0.1) is 5.82 Å². The molecule has 1 atom stereocenters. The Kier molecular flexibility index (Phi) is 5.76. The molecule has 0 aromatic heterocycles. The van der Waals surface area contributed by atoms with Gasteiger partial charge in [0.25, 0.3) is 0 Å². The molecule has 0 aliphatic carbocycles. The molecule has 106 valence electrons. The molecule has 1 aromatic carbocycles. The van der Waals surface area contributed by atoms with Crippen LogP contribution in [0.3, 0.4) is 0 Å². The number of amides is 1. The summed E-state index contributed by atoms with van der Waals surface area (Å²) >= 11 is 5.90. The monoisotopic (exact) mass is 287 g/mol. The predicted octanol–water partition coefficient (Wildman–Crippen LogP) is 2.64. The molecule has 0 fully saturated rings. The summed E-state index contributed by atoms with van der Waals surface area (Å²) in [7, 11) is 0. The van der Waals surface area contributed by atoms with Gasteiger partial charge < -0.3 is 10.0 Å². The van der Waals surface area contributed by atoms with E-state index in [2.05, 4.69) is 0 Å². The minimum atomic E-state index is -0.588. The van der Waals surface area contributed by atoms with Crippen molar-refractivity contribution in [3.05, 3.63) is 34.6 Å². The van der Waals surface area contributed by atoms with Crippen molar-refractivity contribution >= 4 is 17.5 Å². The Morgan fingerprint density at radius 2 is 2.05 bits per heavy atom. The molecule has 0 aliphatic heterocycles. The first-order valence-corrected chi connectivity index (χ1v) is 6.60. The number of benzene rings is 1. The number of carbonyl (C=O) groups is 1. The average molecular weight is 288 g/mol. The Morgan fingerprint density at radius 1 is 1.42 bits per heavy atom. The molecule has 1 unspecified atom stereocenters. The summed E-state index contributed by atoms with van der Waals surface area (Å²) < 4.78 is 12.9. The van der Waals surface area contributed by atoms with E-state index in [0.717, 1.165) is 0 Å². The summed E-state index contributed by atoms with van der Waals surface area (Å²) in [6.07, 6.45) is -0.487. The van der Waals surface area contributed by atoms with Gasteiger partial charge >= 0.3 is 0 Å². The fourth-order valence-electron chi connectivity index (χ4n) is 1.81. The number of hydrogen-bond acceptors (Lipinski definition) is 2. The highest BCUT2D eigenvalue weighted by atomic mass is 35.5. The van der Waals surface area contributed by atoms with Gasteiger partial charge in [-0.3, -0.25) is 4.79 Å². The molecule has 1 aromatic rings. The van der Waals surface area contributed by atoms with E-state index in [1.165, 1.54) is 18.2 Å². The van der Waals surface area contributed by atoms with Crippen LogP contribution >= 0.6 is 11.6 Å². The van der Waals surface area contributed by atoms with Gasteiger partial charge in [-0.25, -0.2) is 4.39 Å². The maximum absolute atomic E-state index is 12.9. The molecule has 0 saturated carbocycles. The van der Waals surface area contributed by atoms with Crippen molar-refractivity contribution in [1.82, 2.24) is 4.90 Å². The highest BCUT2D eigenvalue weighted by Crippen LogP contribution is 2.19. The van der Waals surface area contributed by atoms with Crippen LogP contribution in [-0.2, 0) is 11.2 Å². The molecule has 0 saturated heterocycles. The van der Waals surface area contributed by atoms with E-state index in [0.29, 0.717) is 5.56 Å². The number of hydrogen-bond donors (Lipinski definition) is 1. The van der Waals surface area contributed by atoms with Gasteiger partial charge in [0.2, 0.25) is 5.91 Å². The molecule has 0 aliphatic rings. The first-order valence-electron chi connectivity index (χ1n) is 6.22. The smallest absolute Gasteiger partial charge is 0.227 e. The number of aliphatic hydroxyl groups is 1. The molecule has 0 bridgehead atoms. The fourth-order valence-corrected chi connectivity index (χ4v) is 2.05. The molecule has 0 radical (unpaired) electrons. The quantitative estimate of drug-likeness (QED) is 0.904. The van der Waals surface area contributed by atoms with Crippen molar-refractivity contribution in [2.24, 2.45) is 0 Å². The van der Waals surface area contributed by atoms with E-state index in [1.54, 1.807) is 11.8 Å². The van der Waals surface area contributed by atoms with Crippen molar-refractivity contribution < 1.29 is 14.3 Å². The van der Waals surface area contributed by atoms with Crippen LogP contribution in [0.2, 0.25) is 5.02 Å². The number of rotatable bonds is 5. The van der Waals surface area contributed by atoms with Crippen molar-refractivity contribution in [2.45, 2.75) is 39.3 Å². The van der Waals surface area contributed by atoms with Gasteiger partial charge in [-0.1, -0.05) is 17.7 Å². The highest BCUT2D eigenvalue weighted by Gasteiger charge is 2.19. The van der Waals surface area contributed by atoms with Crippen LogP contribution in [0.5, 0.6) is 0 Å². The summed E-state index contributed by atoms with van der Waals surface area (Å²) in [4.78, 5) is 13.8. The lowest BCUT2D eigenvalue weighted by Crippen LogP contribution is -2.42. The standard InChI is InChI=1S/C14H19ClFNO2/c1-9(2)17(8-10(3)18)14(19)6-11-4-5-12(16)7-13(11)15/h4-5,7,9-10,18H,6,8H2,1-3H3. The second-order valence-corrected chi connectivity index (χ2v) is 5.31. The minimum Gasteiger partial charge on any atom is -0.392 e. The molecule has 1 rings (SSSR count). The summed E-state index contributed by atoms with van der Waals surface area (Å²) in [5.41, 5.74) is 0.587. The van der Waals surface area contributed by atoms with Crippen molar-refractivity contribution in [1.29, 1.82) is 0 Å². The highest BCUT2D eigenvalue weighted by molar-refractivity contribution is 6.31. The summed E-state index contributed by atoms with van der Waals surface area (Å²) in [6, 6.07) is 3.97. The SMILES string of the molecule is CC(O)CN(C(=O)Cc1ccc(F)cc1Cl)C(C)C. The van der Waals surface area contributed by atoms with Crippen molar-refractivity contribution in [3.8, 4) is 0 Å². The van der Waals surface area contributed by atoms with Gasteiger partial charge in [0, 0.05) is 17.6 Å². The van der Waals surface area contributed by atoms with Gasteiger partial charge in [-0.05, 0) is 38.5 Å². The minimum absolute atomic E-state index is 0.0127. The number of nitrogens with zero attached hydrogens (tertiary/aromatic N) is 1. The Labute approximate surface area is 118 Å². The van der Waals surface area contributed by atoms with E-state index < -0.39 is 11.9 Å². The summed E-state index contributed by atoms with van der Waals surface area (Å²) in [5, 5.41) is 9.65. The Morgan fingerprint density at radius 3 is 2.53 bits per heavy atom. The third kappa shape index (κ3) is 4.80. The largest absolute Gasteiger partial charge is 0.392 e. The third-order valence-electron chi connectivity index (χ3n) is 2.76. The average Bonchev–Trinajstić information content (AvgIpc) is 2.29. The predicted molar refractivity (Wildman–Crippen MR) is 73.6 cm³/mol. The third-order valence-corrected chi connectivity index (χ3v) is 3.11. The molecule has 0 spiro atoms. The lowest BCUT2D eigenvalue weighted by atomic mass is 10.1. The van der Waals surface area contributed by atoms with Crippen LogP contribution in [0.1, 0.15) is 26.3 Å². The first kappa shape index (κ1) is 15.9. The number of aliphatic hydroxyl groups excluding tert-OH is 1. The zero-order valence-corrected chi connectivity index (χ0v) is 12.1. The molecular formula is C14H19ClFNO2. The van der Waals surface area contributed by atoms with Crippen LogP contribution in [0.15, 0.2) is 18.2 Å². The fraction of sp³-hybridized carbons (Fsp3) is 0.500. The van der Waals surface area contributed by atoms with Gasteiger partial charge in [0.15, 0.2) is 0 Å². The maximum Gasteiger partial charge on any atom is 0.227 e. The van der Waals surface area contributed by atoms with E-state index >= 15 is 0 Å². The van der Waals surface area contributed by atoms with Gasteiger partial charge in [0.05, 0.1) is 12.5 Å². The molecule has 1 N–H and O–H groups in total. The second kappa shape index (κ2) is 6.87. The molecule has 0 heterocycles. The van der Waals surface area contributed by atoms with Crippen molar-refractivity contribution in [3.63, 3.8) is 0 Å². The molecular weight excluding hydrogens is 269 g/mol. The lowest BCUT2D eigenvalue weighted by Gasteiger charge is -2.28. The molecule has 5 heteroatoms. The van der Waals surface area contributed by atoms with Gasteiger partial charge in [0.1, 0.15) is 5.82 Å². The summed E-state index contributed by atoms with van der Waals surface area (Å²) in [5.74, 6) is -0.560. The maximum atomic E-state index is 12.9. The Balaban J connectivity index is 2.81. The normalized spacial score (nSPS) is 12.6. The van der Waals surface area contributed by atoms with E-state index in [4.69, 9.17) is 11.6 Å². The van der Waals surface area contributed by atoms with Gasteiger partial charge in [-0.15, -0.1) is 0 Å². The Hall–Kier alpha value is -1.13. The number of halogens is 2. The zero-order chi connectivity index (χ0) is 14.6. The van der Waals surface area contributed by atoms with Crippen LogP contribution < -0.4 is 0 Å². The molecule has 19 heavy (non-hydrogen) atoms. The van der Waals surface area contributed by atoms with Crippen LogP contribution in [0.4, 0.5) is 4.39 Å². The Bertz CT molecular complexity index is 449. The number of carbonyl (C=O) groups excluding carboxylic acids is 1. The van der Waals surface area contributed by atoms with E-state index in [-0.39, 0.29) is 29.9 Å². The van der Waals surface area contributed by atoms with E-state index in [1.807, 2.05) is 13.8 Å². The zero-order valence-electron chi connectivity index (χ0n) is 11.4. The summed E-state index contributed by atoms with van der Waals surface area (Å²) in [6.45, 7) is 5.67.